The van der Waals surface area contributed by atoms with Crippen LogP contribution in [0, 0.1) is 5.92 Å². The van der Waals surface area contributed by atoms with E-state index in [2.05, 4.69) is 14.9 Å². The molecular weight excluding hydrogens is 546 g/mol. The van der Waals surface area contributed by atoms with E-state index in [1.807, 2.05) is 59.5 Å². The van der Waals surface area contributed by atoms with Crippen molar-refractivity contribution < 1.29 is 14.3 Å². The Morgan fingerprint density at radius 2 is 1.91 bits per heavy atom. The van der Waals surface area contributed by atoms with Crippen molar-refractivity contribution in [1.82, 2.24) is 34.3 Å². The average molecular weight is 580 g/mol. The zero-order valence-corrected chi connectivity index (χ0v) is 24.0. The number of para-hydroxylation sites is 2. The van der Waals surface area contributed by atoms with E-state index in [1.165, 1.54) is 4.57 Å². The highest BCUT2D eigenvalue weighted by Crippen LogP contribution is 2.33. The van der Waals surface area contributed by atoms with Crippen molar-refractivity contribution >= 4 is 27.7 Å². The predicted molar refractivity (Wildman–Crippen MR) is 162 cm³/mol. The maximum Gasteiger partial charge on any atom is 0.348 e. The molecule has 2 aliphatic rings. The molecule has 43 heavy (non-hydrogen) atoms. The Labute approximate surface area is 248 Å². The number of hydrogen-bond donors (Lipinski definition) is 1. The molecule has 0 spiro atoms. The van der Waals surface area contributed by atoms with Gasteiger partial charge in [-0.05, 0) is 30.5 Å². The Morgan fingerprint density at radius 1 is 1.07 bits per heavy atom. The van der Waals surface area contributed by atoms with Crippen LogP contribution >= 0.6 is 0 Å². The number of benzene rings is 2. The van der Waals surface area contributed by atoms with E-state index in [0.717, 1.165) is 60.3 Å². The van der Waals surface area contributed by atoms with E-state index < -0.39 is 5.69 Å². The van der Waals surface area contributed by atoms with Gasteiger partial charge >= 0.3 is 5.69 Å². The molecule has 7 rings (SSSR count). The van der Waals surface area contributed by atoms with E-state index >= 15 is 0 Å². The molecule has 2 fully saturated rings. The number of nitrogens with one attached hydrogen (secondary N) is 1. The van der Waals surface area contributed by atoms with Crippen LogP contribution in [0.2, 0.25) is 0 Å². The van der Waals surface area contributed by atoms with E-state index in [4.69, 9.17) is 19.4 Å². The van der Waals surface area contributed by atoms with Crippen molar-refractivity contribution in [3.8, 4) is 17.1 Å². The maximum absolute atomic E-state index is 14.0. The number of rotatable bonds is 7. The van der Waals surface area contributed by atoms with Crippen molar-refractivity contribution in [2.24, 2.45) is 5.92 Å². The summed E-state index contributed by atoms with van der Waals surface area (Å²) in [6, 6.07) is 17.1. The van der Waals surface area contributed by atoms with Crippen LogP contribution in [0.1, 0.15) is 18.3 Å². The molecule has 11 nitrogen and oxygen atoms in total. The second kappa shape index (κ2) is 11.6. The van der Waals surface area contributed by atoms with Gasteiger partial charge in [-0.2, -0.15) is 0 Å². The number of carbonyl (C=O) groups is 1. The zero-order valence-electron chi connectivity index (χ0n) is 24.0. The minimum atomic E-state index is -0.445. The summed E-state index contributed by atoms with van der Waals surface area (Å²) in [6.07, 6.45) is 4.36. The quantitative estimate of drug-likeness (QED) is 0.312. The number of H-pyrrole nitrogens is 1. The topological polar surface area (TPSA) is 118 Å². The van der Waals surface area contributed by atoms with E-state index in [9.17, 15) is 9.59 Å². The fourth-order valence-electron chi connectivity index (χ4n) is 6.24. The van der Waals surface area contributed by atoms with Crippen LogP contribution in [0.3, 0.4) is 0 Å². The first-order valence-electron chi connectivity index (χ1n) is 14.6. The number of ether oxygens (including phenoxy) is 2. The molecule has 5 aromatic rings. The number of piperazine rings is 1. The van der Waals surface area contributed by atoms with Gasteiger partial charge in [0.1, 0.15) is 18.4 Å². The summed E-state index contributed by atoms with van der Waals surface area (Å²) in [6.45, 7) is 4.23. The lowest BCUT2D eigenvalue weighted by Crippen LogP contribution is -2.53. The molecule has 0 saturated carbocycles. The monoisotopic (exact) mass is 579 g/mol. The smallest absolute Gasteiger partial charge is 0.348 e. The fraction of sp³-hybridized carbons (Fsp3) is 0.344. The number of fused-ring (bicyclic) bond motifs is 2. The molecule has 0 radical (unpaired) electrons. The molecule has 5 heterocycles. The average Bonchev–Trinajstić information content (AvgIpc) is 3.74. The van der Waals surface area contributed by atoms with Crippen LogP contribution in [0.15, 0.2) is 71.8 Å². The Balaban J connectivity index is 1.21. The van der Waals surface area contributed by atoms with Crippen LogP contribution in [0.4, 0.5) is 0 Å². The summed E-state index contributed by atoms with van der Waals surface area (Å²) < 4.78 is 12.7. The highest BCUT2D eigenvalue weighted by atomic mass is 16.5. The van der Waals surface area contributed by atoms with Gasteiger partial charge in [-0.1, -0.05) is 36.4 Å². The van der Waals surface area contributed by atoms with Crippen molar-refractivity contribution in [3.05, 3.63) is 83.3 Å². The molecule has 0 aliphatic carbocycles. The molecule has 1 N–H and O–H groups in total. The van der Waals surface area contributed by atoms with E-state index in [1.54, 1.807) is 19.5 Å². The molecule has 2 atom stereocenters. The fourth-order valence-corrected chi connectivity index (χ4v) is 6.24. The number of pyridine rings is 1. The Bertz CT molecular complexity index is 1840. The van der Waals surface area contributed by atoms with Gasteiger partial charge < -0.3 is 19.4 Å². The standard InChI is InChI=1S/C32H33N7O4/c1-42-31-24(14-22-6-2-4-8-25(22)36-31)26-16-33-30(35-26)28-18-37(17-21-10-13-43-20-21)11-12-38(28)29(40)19-39-27-9-5-3-7-23(27)15-34-32(39)41/h2-9,14-16,21,28H,10-13,17-20H2,1H3,(H,33,35). The van der Waals surface area contributed by atoms with Crippen LogP contribution < -0.4 is 10.4 Å². The van der Waals surface area contributed by atoms with Gasteiger partial charge in [-0.15, -0.1) is 0 Å². The number of amides is 1. The number of imidazole rings is 1. The van der Waals surface area contributed by atoms with Crippen LogP contribution in [0.25, 0.3) is 33.1 Å². The minimum Gasteiger partial charge on any atom is -0.480 e. The molecule has 2 unspecified atom stereocenters. The normalized spacial score (nSPS) is 19.3. The van der Waals surface area contributed by atoms with Crippen molar-refractivity contribution in [2.45, 2.75) is 19.0 Å². The summed E-state index contributed by atoms with van der Waals surface area (Å²) in [5.74, 6) is 1.49. The van der Waals surface area contributed by atoms with Gasteiger partial charge in [0.05, 0.1) is 42.2 Å². The second-order valence-electron chi connectivity index (χ2n) is 11.2. The van der Waals surface area contributed by atoms with Gasteiger partial charge in [0.25, 0.3) is 0 Å². The summed E-state index contributed by atoms with van der Waals surface area (Å²) in [5, 5.41) is 1.80. The van der Waals surface area contributed by atoms with Gasteiger partial charge in [-0.25, -0.2) is 19.7 Å². The predicted octanol–water partition coefficient (Wildman–Crippen LogP) is 3.27. The summed E-state index contributed by atoms with van der Waals surface area (Å²) in [7, 11) is 1.61. The molecule has 11 heteroatoms. The molecule has 220 valence electrons. The first-order valence-corrected chi connectivity index (χ1v) is 14.6. The number of aromatic nitrogens is 5. The number of hydrogen-bond acceptors (Lipinski definition) is 8. The Hall–Kier alpha value is -4.61. The van der Waals surface area contributed by atoms with Crippen molar-refractivity contribution in [3.63, 3.8) is 0 Å². The number of nitrogens with zero attached hydrogens (tertiary/aromatic N) is 6. The second-order valence-corrected chi connectivity index (χ2v) is 11.2. The lowest BCUT2D eigenvalue weighted by Gasteiger charge is -2.41. The molecular formula is C32H33N7O4. The van der Waals surface area contributed by atoms with Crippen LogP contribution in [-0.2, 0) is 16.1 Å². The first kappa shape index (κ1) is 27.2. The summed E-state index contributed by atoms with van der Waals surface area (Å²) in [5.41, 5.74) is 2.63. The highest BCUT2D eigenvalue weighted by molar-refractivity contribution is 5.85. The van der Waals surface area contributed by atoms with Gasteiger partial charge in [-0.3, -0.25) is 14.3 Å². The maximum atomic E-state index is 14.0. The number of methoxy groups -OCH3 is 1. The van der Waals surface area contributed by atoms with Crippen LogP contribution in [-0.4, -0.2) is 86.7 Å². The Kier molecular flexibility index (Phi) is 7.33. The van der Waals surface area contributed by atoms with Gasteiger partial charge in [0.2, 0.25) is 11.8 Å². The Morgan fingerprint density at radius 3 is 2.74 bits per heavy atom. The molecule has 1 amide bonds. The molecule has 2 saturated heterocycles. The third-order valence-electron chi connectivity index (χ3n) is 8.47. The lowest BCUT2D eigenvalue weighted by atomic mass is 10.1. The number of aromatic amines is 1. The highest BCUT2D eigenvalue weighted by Gasteiger charge is 2.35. The third kappa shape index (κ3) is 5.37. The molecule has 2 aromatic carbocycles. The van der Waals surface area contributed by atoms with E-state index in [-0.39, 0.29) is 18.5 Å². The van der Waals surface area contributed by atoms with Gasteiger partial charge in [0.15, 0.2) is 0 Å². The summed E-state index contributed by atoms with van der Waals surface area (Å²) >= 11 is 0. The van der Waals surface area contributed by atoms with Crippen molar-refractivity contribution in [2.75, 3.05) is 46.5 Å². The summed E-state index contributed by atoms with van der Waals surface area (Å²) in [4.78, 5) is 47.9. The van der Waals surface area contributed by atoms with Gasteiger partial charge in [0, 0.05) is 49.8 Å². The first-order chi connectivity index (χ1) is 21.1. The number of carbonyl (C=O) groups excluding carboxylic acids is 1. The molecule has 0 bridgehead atoms. The van der Waals surface area contributed by atoms with Crippen LogP contribution in [0.5, 0.6) is 5.88 Å². The molecule has 2 aliphatic heterocycles. The van der Waals surface area contributed by atoms with E-state index in [0.29, 0.717) is 36.2 Å². The van der Waals surface area contributed by atoms with Crippen molar-refractivity contribution in [1.29, 1.82) is 0 Å². The largest absolute Gasteiger partial charge is 0.480 e. The lowest BCUT2D eigenvalue weighted by molar-refractivity contribution is -0.137. The third-order valence-corrected chi connectivity index (χ3v) is 8.47. The minimum absolute atomic E-state index is 0.101. The SMILES string of the molecule is COc1nc2ccccc2cc1-c1cnc(C2CN(CC3CCOC3)CCN2C(=O)Cn2c(=O)ncc3ccccc32)[nH]1. The zero-order chi connectivity index (χ0) is 29.3. The molecule has 3 aromatic heterocycles.